The summed E-state index contributed by atoms with van der Waals surface area (Å²) in [4.78, 5) is 20.2. The molecular formula is C17H20FN3O2. The van der Waals surface area contributed by atoms with Gasteiger partial charge in [-0.3, -0.25) is 9.69 Å². The molecule has 1 atom stereocenters. The number of hydrogen-bond donors (Lipinski definition) is 0. The first-order chi connectivity index (χ1) is 11.0. The number of likely N-dealkylation sites (N-methyl/N-ethyl adjacent to an activating group) is 1. The van der Waals surface area contributed by atoms with E-state index in [0.717, 1.165) is 24.9 Å². The zero-order valence-electron chi connectivity index (χ0n) is 13.3. The minimum atomic E-state index is -0.282. The third kappa shape index (κ3) is 3.42. The van der Waals surface area contributed by atoms with Crippen LogP contribution >= 0.6 is 0 Å². The fraction of sp³-hybridized carbons (Fsp3) is 0.412. The lowest BCUT2D eigenvalue weighted by Gasteiger charge is -2.24. The molecule has 122 valence electrons. The molecule has 1 aromatic heterocycles. The first-order valence-electron chi connectivity index (χ1n) is 7.70. The minimum absolute atomic E-state index is 0.105. The summed E-state index contributed by atoms with van der Waals surface area (Å²) in [6.07, 6.45) is 3.50. The highest BCUT2D eigenvalue weighted by atomic mass is 19.1. The Kier molecular flexibility index (Phi) is 4.43. The SMILES string of the molecule is CN(C)C(=O)C1CCCN1Cc1ncc(-c2ccc(F)cc2)o1. The maximum absolute atomic E-state index is 13.0. The molecule has 1 amide bonds. The van der Waals surface area contributed by atoms with Crippen molar-refractivity contribution in [1.82, 2.24) is 14.8 Å². The standard InChI is InChI=1S/C17H20FN3O2/c1-20(2)17(22)14-4-3-9-21(14)11-16-19-10-15(23-16)12-5-7-13(18)8-6-12/h5-8,10,14H,3-4,9,11H2,1-2H3. The number of hydrogen-bond acceptors (Lipinski definition) is 4. The predicted octanol–water partition coefficient (Wildman–Crippen LogP) is 2.53. The van der Waals surface area contributed by atoms with Gasteiger partial charge in [-0.2, -0.15) is 0 Å². The van der Waals surface area contributed by atoms with Crippen molar-refractivity contribution in [2.45, 2.75) is 25.4 Å². The lowest BCUT2D eigenvalue weighted by atomic mass is 10.2. The van der Waals surface area contributed by atoms with Gasteiger partial charge in [-0.15, -0.1) is 0 Å². The van der Waals surface area contributed by atoms with E-state index in [4.69, 9.17) is 4.42 Å². The lowest BCUT2D eigenvalue weighted by molar-refractivity contribution is -0.133. The Morgan fingerprint density at radius 1 is 1.39 bits per heavy atom. The predicted molar refractivity (Wildman–Crippen MR) is 84.0 cm³/mol. The molecule has 1 aliphatic rings. The number of amides is 1. The van der Waals surface area contributed by atoms with Gasteiger partial charge in [0.15, 0.2) is 5.76 Å². The van der Waals surface area contributed by atoms with Gasteiger partial charge in [-0.25, -0.2) is 9.37 Å². The quantitative estimate of drug-likeness (QED) is 0.869. The molecule has 5 nitrogen and oxygen atoms in total. The lowest BCUT2D eigenvalue weighted by Crippen LogP contribution is -2.42. The molecule has 1 aromatic carbocycles. The topological polar surface area (TPSA) is 49.6 Å². The van der Waals surface area contributed by atoms with Crippen LogP contribution in [0.1, 0.15) is 18.7 Å². The molecule has 0 saturated carbocycles. The molecule has 3 rings (SSSR count). The van der Waals surface area contributed by atoms with E-state index >= 15 is 0 Å². The minimum Gasteiger partial charge on any atom is -0.439 e. The number of carbonyl (C=O) groups is 1. The number of rotatable bonds is 4. The molecule has 0 aliphatic carbocycles. The van der Waals surface area contributed by atoms with Crippen LogP contribution in [0.25, 0.3) is 11.3 Å². The highest BCUT2D eigenvalue weighted by Crippen LogP contribution is 2.24. The average molecular weight is 317 g/mol. The molecular weight excluding hydrogens is 297 g/mol. The first kappa shape index (κ1) is 15.7. The second-order valence-electron chi connectivity index (χ2n) is 5.99. The zero-order valence-corrected chi connectivity index (χ0v) is 13.3. The maximum Gasteiger partial charge on any atom is 0.239 e. The van der Waals surface area contributed by atoms with Crippen LogP contribution in [0.4, 0.5) is 4.39 Å². The van der Waals surface area contributed by atoms with Crippen molar-refractivity contribution in [2.75, 3.05) is 20.6 Å². The summed E-state index contributed by atoms with van der Waals surface area (Å²) in [7, 11) is 3.55. The van der Waals surface area contributed by atoms with Gasteiger partial charge in [0.05, 0.1) is 18.8 Å². The van der Waals surface area contributed by atoms with Crippen LogP contribution in [0.15, 0.2) is 34.9 Å². The molecule has 2 heterocycles. The Bertz CT molecular complexity index is 681. The number of nitrogens with zero attached hydrogens (tertiary/aromatic N) is 3. The van der Waals surface area contributed by atoms with Crippen LogP contribution in [0.3, 0.4) is 0 Å². The number of halogens is 1. The van der Waals surface area contributed by atoms with Crippen molar-refractivity contribution < 1.29 is 13.6 Å². The van der Waals surface area contributed by atoms with Crippen LogP contribution in [0.5, 0.6) is 0 Å². The number of benzene rings is 1. The molecule has 0 bridgehead atoms. The van der Waals surface area contributed by atoms with Crippen LogP contribution in [0.2, 0.25) is 0 Å². The van der Waals surface area contributed by atoms with E-state index in [1.54, 1.807) is 37.3 Å². The Balaban J connectivity index is 1.71. The van der Waals surface area contributed by atoms with Crippen molar-refractivity contribution >= 4 is 5.91 Å². The Morgan fingerprint density at radius 3 is 2.83 bits per heavy atom. The van der Waals surface area contributed by atoms with E-state index in [0.29, 0.717) is 18.2 Å². The second kappa shape index (κ2) is 6.50. The molecule has 23 heavy (non-hydrogen) atoms. The first-order valence-corrected chi connectivity index (χ1v) is 7.70. The summed E-state index contributed by atoms with van der Waals surface area (Å²) >= 11 is 0. The van der Waals surface area contributed by atoms with Crippen LogP contribution < -0.4 is 0 Å². The van der Waals surface area contributed by atoms with Crippen molar-refractivity contribution in [3.8, 4) is 11.3 Å². The molecule has 1 aliphatic heterocycles. The third-order valence-corrected chi connectivity index (χ3v) is 4.11. The van der Waals surface area contributed by atoms with Crippen molar-refractivity contribution in [3.63, 3.8) is 0 Å². The van der Waals surface area contributed by atoms with E-state index in [9.17, 15) is 9.18 Å². The van der Waals surface area contributed by atoms with E-state index in [1.807, 2.05) is 0 Å². The summed E-state index contributed by atoms with van der Waals surface area (Å²) in [5.74, 6) is 1.01. The van der Waals surface area contributed by atoms with Gasteiger partial charge in [-0.05, 0) is 43.7 Å². The smallest absolute Gasteiger partial charge is 0.239 e. The van der Waals surface area contributed by atoms with Gasteiger partial charge >= 0.3 is 0 Å². The summed E-state index contributed by atoms with van der Waals surface area (Å²) < 4.78 is 18.7. The Morgan fingerprint density at radius 2 is 2.13 bits per heavy atom. The normalized spacial score (nSPS) is 18.3. The van der Waals surface area contributed by atoms with Gasteiger partial charge in [0, 0.05) is 19.7 Å². The molecule has 0 spiro atoms. The Hall–Kier alpha value is -2.21. The van der Waals surface area contributed by atoms with Crippen molar-refractivity contribution in [2.24, 2.45) is 0 Å². The third-order valence-electron chi connectivity index (χ3n) is 4.11. The number of likely N-dealkylation sites (tertiary alicyclic amines) is 1. The van der Waals surface area contributed by atoms with Gasteiger partial charge < -0.3 is 9.32 Å². The van der Waals surface area contributed by atoms with Crippen LogP contribution in [-0.4, -0.2) is 47.4 Å². The van der Waals surface area contributed by atoms with Crippen molar-refractivity contribution in [3.05, 3.63) is 42.2 Å². The largest absolute Gasteiger partial charge is 0.439 e. The van der Waals surface area contributed by atoms with Gasteiger partial charge in [0.1, 0.15) is 5.82 Å². The fourth-order valence-electron chi connectivity index (χ4n) is 2.90. The maximum atomic E-state index is 13.0. The molecule has 1 fully saturated rings. The second-order valence-corrected chi connectivity index (χ2v) is 5.99. The number of aromatic nitrogens is 1. The van der Waals surface area contributed by atoms with Gasteiger partial charge in [0.25, 0.3) is 0 Å². The van der Waals surface area contributed by atoms with Gasteiger partial charge in [0.2, 0.25) is 11.8 Å². The monoisotopic (exact) mass is 317 g/mol. The highest BCUT2D eigenvalue weighted by Gasteiger charge is 2.32. The van der Waals surface area contributed by atoms with Crippen LogP contribution in [-0.2, 0) is 11.3 Å². The van der Waals surface area contributed by atoms with Gasteiger partial charge in [-0.1, -0.05) is 0 Å². The summed E-state index contributed by atoms with van der Waals surface area (Å²) in [6.45, 7) is 1.37. The number of carbonyl (C=O) groups excluding carboxylic acids is 1. The summed E-state index contributed by atoms with van der Waals surface area (Å²) in [5, 5.41) is 0. The molecule has 0 radical (unpaired) electrons. The van der Waals surface area contributed by atoms with E-state index < -0.39 is 0 Å². The zero-order chi connectivity index (χ0) is 16.4. The molecule has 0 N–H and O–H groups in total. The average Bonchev–Trinajstić information content (AvgIpc) is 3.17. The summed E-state index contributed by atoms with van der Waals surface area (Å²) in [6, 6.07) is 6.00. The fourth-order valence-corrected chi connectivity index (χ4v) is 2.90. The van der Waals surface area contributed by atoms with Crippen molar-refractivity contribution in [1.29, 1.82) is 0 Å². The van der Waals surface area contributed by atoms with E-state index in [1.165, 1.54) is 12.1 Å². The molecule has 1 saturated heterocycles. The highest BCUT2D eigenvalue weighted by molar-refractivity contribution is 5.81. The Labute approximate surface area is 134 Å². The van der Waals surface area contributed by atoms with E-state index in [2.05, 4.69) is 9.88 Å². The summed E-state index contributed by atoms with van der Waals surface area (Å²) in [5.41, 5.74) is 0.785. The molecule has 6 heteroatoms. The number of oxazole rings is 1. The van der Waals surface area contributed by atoms with Crippen LogP contribution in [0, 0.1) is 5.82 Å². The molecule has 1 unspecified atom stereocenters. The molecule has 2 aromatic rings. The van der Waals surface area contributed by atoms with E-state index in [-0.39, 0.29) is 17.8 Å².